The van der Waals surface area contributed by atoms with Crippen LogP contribution in [0.3, 0.4) is 0 Å². The van der Waals surface area contributed by atoms with E-state index >= 15 is 0 Å². The number of ether oxygens (including phenoxy) is 2. The summed E-state index contributed by atoms with van der Waals surface area (Å²) in [5.41, 5.74) is 2.70. The van der Waals surface area contributed by atoms with Crippen LogP contribution in [-0.4, -0.2) is 34.7 Å². The van der Waals surface area contributed by atoms with Gasteiger partial charge in [0.25, 0.3) is 0 Å². The second-order valence-corrected chi connectivity index (χ2v) is 8.68. The molecule has 3 rings (SSSR count). The third-order valence-electron chi connectivity index (χ3n) is 5.60. The van der Waals surface area contributed by atoms with E-state index in [0.29, 0.717) is 23.4 Å². The van der Waals surface area contributed by atoms with Crippen LogP contribution in [0.4, 0.5) is 13.2 Å². The van der Waals surface area contributed by atoms with Crippen molar-refractivity contribution in [3.8, 4) is 11.4 Å². The number of nitrogens with zero attached hydrogens (tertiary/aromatic N) is 2. The molecule has 6 nitrogen and oxygen atoms in total. The minimum atomic E-state index is -4.40. The van der Waals surface area contributed by atoms with Crippen molar-refractivity contribution >= 4 is 11.8 Å². The molecule has 0 aliphatic heterocycles. The quantitative estimate of drug-likeness (QED) is 0.248. The SMILES string of the molecule is CCOC(=O)COc1ccc(C(=O)CCc2cn(-c3ccc(C(F)(F)F)cc3)nc2C(C)C)cc1C. The Morgan fingerprint density at radius 3 is 2.36 bits per heavy atom. The number of carbonyl (C=O) groups is 2. The number of carbonyl (C=O) groups excluding carboxylic acids is 2. The Hall–Kier alpha value is -3.62. The van der Waals surface area contributed by atoms with Crippen LogP contribution in [0.1, 0.15) is 65.9 Å². The van der Waals surface area contributed by atoms with Crippen LogP contribution in [0.25, 0.3) is 5.69 Å². The van der Waals surface area contributed by atoms with Crippen LogP contribution in [0.15, 0.2) is 48.7 Å². The van der Waals surface area contributed by atoms with Gasteiger partial charge in [0, 0.05) is 18.2 Å². The highest BCUT2D eigenvalue weighted by Gasteiger charge is 2.30. The molecule has 0 radical (unpaired) electrons. The number of alkyl halides is 3. The molecule has 0 bridgehead atoms. The standard InChI is InChI=1S/C27H29F3N2O4/c1-5-35-25(34)16-36-24-13-7-19(14-18(24)4)23(33)12-6-20-15-32(31-26(20)17(2)3)22-10-8-21(9-11-22)27(28,29)30/h7-11,13-15,17H,5-6,12,16H2,1-4H3. The van der Waals surface area contributed by atoms with Gasteiger partial charge in [-0.25, -0.2) is 9.48 Å². The number of benzene rings is 2. The highest BCUT2D eigenvalue weighted by molar-refractivity contribution is 5.96. The van der Waals surface area contributed by atoms with Gasteiger partial charge in [-0.15, -0.1) is 0 Å². The van der Waals surface area contributed by atoms with Crippen LogP contribution >= 0.6 is 0 Å². The van der Waals surface area contributed by atoms with Crippen LogP contribution in [0.5, 0.6) is 5.75 Å². The molecule has 0 amide bonds. The molecule has 2 aromatic carbocycles. The van der Waals surface area contributed by atoms with Crippen LogP contribution in [0.2, 0.25) is 0 Å². The van der Waals surface area contributed by atoms with Gasteiger partial charge < -0.3 is 9.47 Å². The van der Waals surface area contributed by atoms with Gasteiger partial charge in [-0.05, 0) is 79.8 Å². The first-order valence-electron chi connectivity index (χ1n) is 11.7. The smallest absolute Gasteiger partial charge is 0.416 e. The fourth-order valence-corrected chi connectivity index (χ4v) is 3.75. The average Bonchev–Trinajstić information content (AvgIpc) is 3.26. The highest BCUT2D eigenvalue weighted by Crippen LogP contribution is 2.30. The van der Waals surface area contributed by atoms with Crippen molar-refractivity contribution in [1.29, 1.82) is 0 Å². The molecule has 0 N–H and O–H groups in total. The Bertz CT molecular complexity index is 1210. The third-order valence-corrected chi connectivity index (χ3v) is 5.60. The Labute approximate surface area is 208 Å². The van der Waals surface area contributed by atoms with Gasteiger partial charge in [0.15, 0.2) is 12.4 Å². The summed E-state index contributed by atoms with van der Waals surface area (Å²) in [5, 5.41) is 4.57. The molecule has 3 aromatic rings. The van der Waals surface area contributed by atoms with Crippen molar-refractivity contribution in [2.45, 2.75) is 52.6 Å². The van der Waals surface area contributed by atoms with Gasteiger partial charge in [-0.1, -0.05) is 13.8 Å². The number of aromatic nitrogens is 2. The van der Waals surface area contributed by atoms with E-state index in [4.69, 9.17) is 9.47 Å². The number of aryl methyl sites for hydroxylation is 2. The summed E-state index contributed by atoms with van der Waals surface area (Å²) in [6, 6.07) is 9.84. The minimum absolute atomic E-state index is 0.0629. The number of ketones is 1. The number of hydrogen-bond donors (Lipinski definition) is 0. The van der Waals surface area contributed by atoms with Crippen LogP contribution in [0, 0.1) is 6.92 Å². The van der Waals surface area contributed by atoms with Gasteiger partial charge in [-0.3, -0.25) is 4.79 Å². The van der Waals surface area contributed by atoms with Crippen molar-refractivity contribution in [1.82, 2.24) is 9.78 Å². The topological polar surface area (TPSA) is 70.4 Å². The summed E-state index contributed by atoms with van der Waals surface area (Å²) >= 11 is 0. The first kappa shape index (κ1) is 27.0. The predicted molar refractivity (Wildman–Crippen MR) is 129 cm³/mol. The summed E-state index contributed by atoms with van der Waals surface area (Å²) in [6.45, 7) is 7.53. The number of halogens is 3. The van der Waals surface area contributed by atoms with E-state index in [1.54, 1.807) is 42.9 Å². The third kappa shape index (κ3) is 6.74. The van der Waals surface area contributed by atoms with Crippen molar-refractivity contribution in [3.63, 3.8) is 0 Å². The zero-order valence-corrected chi connectivity index (χ0v) is 20.7. The van der Waals surface area contributed by atoms with Gasteiger partial charge in [-0.2, -0.15) is 18.3 Å². The maximum absolute atomic E-state index is 12.9. The predicted octanol–water partition coefficient (Wildman–Crippen LogP) is 6.08. The molecule has 0 aliphatic carbocycles. The van der Waals surface area contributed by atoms with Crippen molar-refractivity contribution < 1.29 is 32.2 Å². The minimum Gasteiger partial charge on any atom is -0.482 e. The summed E-state index contributed by atoms with van der Waals surface area (Å²) in [7, 11) is 0. The molecule has 0 saturated heterocycles. The van der Waals surface area contributed by atoms with Crippen LogP contribution in [-0.2, 0) is 22.1 Å². The summed E-state index contributed by atoms with van der Waals surface area (Å²) in [5.74, 6) is 0.0465. The maximum atomic E-state index is 12.9. The molecule has 36 heavy (non-hydrogen) atoms. The summed E-state index contributed by atoms with van der Waals surface area (Å²) < 4.78 is 50.5. The van der Waals surface area contributed by atoms with E-state index in [9.17, 15) is 22.8 Å². The largest absolute Gasteiger partial charge is 0.482 e. The molecule has 1 heterocycles. The fraction of sp³-hybridized carbons (Fsp3) is 0.370. The number of Topliss-reactive ketones (excluding diaryl/α,β-unsaturated/α-hetero) is 1. The summed E-state index contributed by atoms with van der Waals surface area (Å²) in [6.07, 6.45) is -1.96. The first-order chi connectivity index (χ1) is 17.0. The molecule has 1 aromatic heterocycles. The second-order valence-electron chi connectivity index (χ2n) is 8.68. The molecular weight excluding hydrogens is 473 g/mol. The molecule has 0 unspecified atom stereocenters. The van der Waals surface area contributed by atoms with E-state index in [1.807, 2.05) is 13.8 Å². The van der Waals surface area contributed by atoms with Gasteiger partial charge >= 0.3 is 12.1 Å². The molecule has 9 heteroatoms. The highest BCUT2D eigenvalue weighted by atomic mass is 19.4. The van der Waals surface area contributed by atoms with Gasteiger partial charge in [0.2, 0.25) is 0 Å². The monoisotopic (exact) mass is 502 g/mol. The fourth-order valence-electron chi connectivity index (χ4n) is 3.75. The Morgan fingerprint density at radius 2 is 1.78 bits per heavy atom. The van der Waals surface area contributed by atoms with Crippen molar-refractivity contribution in [3.05, 3.63) is 76.6 Å². The Balaban J connectivity index is 1.70. The lowest BCUT2D eigenvalue weighted by Crippen LogP contribution is -2.15. The van der Waals surface area contributed by atoms with E-state index in [2.05, 4.69) is 5.10 Å². The lowest BCUT2D eigenvalue weighted by molar-refractivity contribution is -0.145. The van der Waals surface area contributed by atoms with E-state index in [-0.39, 0.29) is 31.3 Å². The molecule has 0 saturated carbocycles. The zero-order valence-electron chi connectivity index (χ0n) is 20.7. The molecule has 0 spiro atoms. The molecule has 192 valence electrons. The Morgan fingerprint density at radius 1 is 1.08 bits per heavy atom. The molecule has 0 aliphatic rings. The number of esters is 1. The Kier molecular flexibility index (Phi) is 8.55. The lowest BCUT2D eigenvalue weighted by atomic mass is 9.98. The van der Waals surface area contributed by atoms with E-state index < -0.39 is 17.7 Å². The van der Waals surface area contributed by atoms with E-state index in [0.717, 1.165) is 29.0 Å². The number of rotatable bonds is 10. The molecule has 0 fully saturated rings. The van der Waals surface area contributed by atoms with Gasteiger partial charge in [0.05, 0.1) is 23.6 Å². The molecular formula is C27H29F3N2O4. The maximum Gasteiger partial charge on any atom is 0.416 e. The number of hydrogen-bond acceptors (Lipinski definition) is 5. The second kappa shape index (κ2) is 11.4. The zero-order chi connectivity index (χ0) is 26.5. The van der Waals surface area contributed by atoms with Gasteiger partial charge in [0.1, 0.15) is 5.75 Å². The first-order valence-corrected chi connectivity index (χ1v) is 11.7. The van der Waals surface area contributed by atoms with Crippen molar-refractivity contribution in [2.24, 2.45) is 0 Å². The average molecular weight is 503 g/mol. The van der Waals surface area contributed by atoms with E-state index in [1.165, 1.54) is 12.1 Å². The van der Waals surface area contributed by atoms with Crippen molar-refractivity contribution in [2.75, 3.05) is 13.2 Å². The summed E-state index contributed by atoms with van der Waals surface area (Å²) in [4.78, 5) is 24.4. The molecule has 0 atom stereocenters. The lowest BCUT2D eigenvalue weighted by Gasteiger charge is -2.10. The van der Waals surface area contributed by atoms with Crippen LogP contribution < -0.4 is 4.74 Å². The normalized spacial score (nSPS) is 11.6.